The highest BCUT2D eigenvalue weighted by Crippen LogP contribution is 2.29. The van der Waals surface area contributed by atoms with Crippen LogP contribution in [0, 0.1) is 18.8 Å². The molecule has 6 heteroatoms. The first-order valence-electron chi connectivity index (χ1n) is 8.52. The van der Waals surface area contributed by atoms with Gasteiger partial charge in [0.05, 0.1) is 11.8 Å². The minimum absolute atomic E-state index is 0.0718. The van der Waals surface area contributed by atoms with Crippen LogP contribution in [0.2, 0.25) is 0 Å². The Morgan fingerprint density at radius 2 is 1.68 bits per heavy atom. The van der Waals surface area contributed by atoms with Crippen molar-refractivity contribution in [3.8, 4) is 0 Å². The van der Waals surface area contributed by atoms with E-state index in [1.54, 1.807) is 24.3 Å². The number of benzene rings is 1. The van der Waals surface area contributed by atoms with Gasteiger partial charge >= 0.3 is 5.97 Å². The smallest absolute Gasteiger partial charge is 0.307 e. The Morgan fingerprint density at radius 3 is 2.28 bits per heavy atom. The number of amides is 2. The highest BCUT2D eigenvalue weighted by atomic mass is 16.4. The van der Waals surface area contributed by atoms with Crippen LogP contribution in [0.5, 0.6) is 0 Å². The summed E-state index contributed by atoms with van der Waals surface area (Å²) < 4.78 is 0. The van der Waals surface area contributed by atoms with Crippen LogP contribution < -0.4 is 10.6 Å². The molecule has 0 spiro atoms. The average Bonchev–Trinajstić information content (AvgIpc) is 2.58. The lowest BCUT2D eigenvalue weighted by atomic mass is 9.82. The second kappa shape index (κ2) is 8.46. The molecule has 1 aromatic rings. The molecule has 3 N–H and O–H groups in total. The Hall–Kier alpha value is -2.63. The molecule has 1 aliphatic carbocycles. The van der Waals surface area contributed by atoms with Crippen molar-refractivity contribution in [1.29, 1.82) is 0 Å². The summed E-state index contributed by atoms with van der Waals surface area (Å²) in [6.45, 7) is 3.74. The number of aliphatic carboxylic acids is 1. The van der Waals surface area contributed by atoms with Crippen molar-refractivity contribution in [2.45, 2.75) is 39.5 Å². The third-order valence-electron chi connectivity index (χ3n) is 4.43. The van der Waals surface area contributed by atoms with Crippen LogP contribution in [-0.4, -0.2) is 22.9 Å². The van der Waals surface area contributed by atoms with Crippen molar-refractivity contribution in [2.24, 2.45) is 11.8 Å². The maximum atomic E-state index is 12.6. The topological polar surface area (TPSA) is 95.5 Å². The van der Waals surface area contributed by atoms with Gasteiger partial charge in [-0.25, -0.2) is 0 Å². The van der Waals surface area contributed by atoms with E-state index in [-0.39, 0.29) is 11.8 Å². The molecule has 0 saturated carbocycles. The van der Waals surface area contributed by atoms with Gasteiger partial charge in [-0.15, -0.1) is 0 Å². The van der Waals surface area contributed by atoms with Gasteiger partial charge in [-0.05, 0) is 43.9 Å². The van der Waals surface area contributed by atoms with Crippen molar-refractivity contribution >= 4 is 29.2 Å². The minimum Gasteiger partial charge on any atom is -0.481 e. The van der Waals surface area contributed by atoms with E-state index in [1.165, 1.54) is 0 Å². The fourth-order valence-electron chi connectivity index (χ4n) is 2.95. The Balaban J connectivity index is 2.14. The number of rotatable bonds is 6. The maximum Gasteiger partial charge on any atom is 0.307 e. The second-order valence-electron chi connectivity index (χ2n) is 6.26. The van der Waals surface area contributed by atoms with Crippen LogP contribution in [-0.2, 0) is 14.4 Å². The molecule has 6 nitrogen and oxygen atoms in total. The van der Waals surface area contributed by atoms with E-state index in [0.717, 1.165) is 12.0 Å². The standard InChI is InChI=1S/C19H24N2O4/c1-3-7-17(22)20-15-10-6-11-16(12(15)2)21-18(23)13-8-4-5-9-14(13)19(24)25/h4-6,10-11,13-14H,3,7-9H2,1-2H3,(H,20,22)(H,21,23)(H,24,25)/t13-,14+/m0/s1. The van der Waals surface area contributed by atoms with Gasteiger partial charge in [0.25, 0.3) is 0 Å². The van der Waals surface area contributed by atoms with E-state index in [2.05, 4.69) is 10.6 Å². The summed E-state index contributed by atoms with van der Waals surface area (Å²) in [5.41, 5.74) is 1.98. The number of anilines is 2. The van der Waals surface area contributed by atoms with Crippen LogP contribution in [0.15, 0.2) is 30.4 Å². The fraction of sp³-hybridized carbons (Fsp3) is 0.421. The predicted octanol–water partition coefficient (Wildman–Crippen LogP) is 3.34. The first-order valence-corrected chi connectivity index (χ1v) is 8.52. The normalized spacial score (nSPS) is 19.3. The Labute approximate surface area is 147 Å². The number of hydrogen-bond acceptors (Lipinski definition) is 3. The molecular weight excluding hydrogens is 320 g/mol. The lowest BCUT2D eigenvalue weighted by Crippen LogP contribution is -2.34. The highest BCUT2D eigenvalue weighted by Gasteiger charge is 2.34. The number of carbonyl (C=O) groups excluding carboxylic acids is 2. The summed E-state index contributed by atoms with van der Waals surface area (Å²) in [6.07, 6.45) is 5.61. The van der Waals surface area contributed by atoms with Crippen molar-refractivity contribution in [3.63, 3.8) is 0 Å². The van der Waals surface area contributed by atoms with Crippen LogP contribution in [0.3, 0.4) is 0 Å². The monoisotopic (exact) mass is 344 g/mol. The maximum absolute atomic E-state index is 12.6. The molecule has 1 aliphatic rings. The number of hydrogen-bond donors (Lipinski definition) is 3. The zero-order chi connectivity index (χ0) is 18.4. The summed E-state index contributed by atoms with van der Waals surface area (Å²) in [7, 11) is 0. The Bertz CT molecular complexity index is 697. The van der Waals surface area contributed by atoms with E-state index < -0.39 is 17.8 Å². The van der Waals surface area contributed by atoms with Crippen molar-refractivity contribution in [1.82, 2.24) is 0 Å². The number of carbonyl (C=O) groups is 3. The average molecular weight is 344 g/mol. The van der Waals surface area contributed by atoms with E-state index in [9.17, 15) is 19.5 Å². The van der Waals surface area contributed by atoms with Crippen LogP contribution in [0.25, 0.3) is 0 Å². The number of allylic oxidation sites excluding steroid dienone is 2. The lowest BCUT2D eigenvalue weighted by molar-refractivity contribution is -0.146. The van der Waals surface area contributed by atoms with Gasteiger partial charge < -0.3 is 15.7 Å². The van der Waals surface area contributed by atoms with Crippen molar-refractivity contribution in [2.75, 3.05) is 10.6 Å². The van der Waals surface area contributed by atoms with Crippen LogP contribution in [0.4, 0.5) is 11.4 Å². The molecule has 0 fully saturated rings. The van der Waals surface area contributed by atoms with Gasteiger partial charge in [0, 0.05) is 17.8 Å². The molecule has 2 atom stereocenters. The molecule has 0 bridgehead atoms. The quantitative estimate of drug-likeness (QED) is 0.690. The number of carboxylic acid groups (broad SMARTS) is 1. The van der Waals surface area contributed by atoms with Gasteiger partial charge in [0.1, 0.15) is 0 Å². The van der Waals surface area contributed by atoms with E-state index in [0.29, 0.717) is 30.6 Å². The first-order chi connectivity index (χ1) is 11.9. The molecule has 0 radical (unpaired) electrons. The number of carboxylic acids is 1. The third-order valence-corrected chi connectivity index (χ3v) is 4.43. The number of nitrogens with one attached hydrogen (secondary N) is 2. The minimum atomic E-state index is -0.957. The molecule has 25 heavy (non-hydrogen) atoms. The van der Waals surface area contributed by atoms with Gasteiger partial charge in [-0.3, -0.25) is 14.4 Å². The molecule has 0 aromatic heterocycles. The van der Waals surface area contributed by atoms with Gasteiger partial charge in [0.15, 0.2) is 0 Å². The zero-order valence-electron chi connectivity index (χ0n) is 14.5. The second-order valence-corrected chi connectivity index (χ2v) is 6.26. The Morgan fingerprint density at radius 1 is 1.08 bits per heavy atom. The molecule has 0 heterocycles. The molecular formula is C19H24N2O4. The van der Waals surface area contributed by atoms with Crippen molar-refractivity contribution < 1.29 is 19.5 Å². The first kappa shape index (κ1) is 18.7. The van der Waals surface area contributed by atoms with E-state index >= 15 is 0 Å². The van der Waals surface area contributed by atoms with Crippen molar-refractivity contribution in [3.05, 3.63) is 35.9 Å². The van der Waals surface area contributed by atoms with E-state index in [4.69, 9.17) is 0 Å². The van der Waals surface area contributed by atoms with Crippen LogP contribution in [0.1, 0.15) is 38.2 Å². The molecule has 134 valence electrons. The summed E-state index contributed by atoms with van der Waals surface area (Å²) in [6, 6.07) is 5.28. The van der Waals surface area contributed by atoms with Gasteiger partial charge in [-0.2, -0.15) is 0 Å². The van der Waals surface area contributed by atoms with Gasteiger partial charge in [-0.1, -0.05) is 25.1 Å². The molecule has 0 saturated heterocycles. The van der Waals surface area contributed by atoms with Crippen LogP contribution >= 0.6 is 0 Å². The summed E-state index contributed by atoms with van der Waals surface area (Å²) in [5, 5.41) is 15.0. The van der Waals surface area contributed by atoms with E-state index in [1.807, 2.05) is 19.9 Å². The van der Waals surface area contributed by atoms with Gasteiger partial charge in [0.2, 0.25) is 11.8 Å². The molecule has 2 rings (SSSR count). The Kier molecular flexibility index (Phi) is 6.33. The SMILES string of the molecule is CCCC(=O)Nc1cccc(NC(=O)[C@H]2CC=CC[C@H]2C(=O)O)c1C. The summed E-state index contributed by atoms with van der Waals surface area (Å²) in [4.78, 5) is 35.7. The highest BCUT2D eigenvalue weighted by molar-refractivity contribution is 5.98. The molecule has 2 amide bonds. The third kappa shape index (κ3) is 4.68. The molecule has 0 unspecified atom stereocenters. The zero-order valence-corrected chi connectivity index (χ0v) is 14.5. The predicted molar refractivity (Wildman–Crippen MR) is 96.3 cm³/mol. The molecule has 0 aliphatic heterocycles. The summed E-state index contributed by atoms with van der Waals surface area (Å²) >= 11 is 0. The fourth-order valence-corrected chi connectivity index (χ4v) is 2.95. The lowest BCUT2D eigenvalue weighted by Gasteiger charge is -2.24. The largest absolute Gasteiger partial charge is 0.481 e. The molecule has 1 aromatic carbocycles. The summed E-state index contributed by atoms with van der Waals surface area (Å²) in [5.74, 6) is -2.64.